The molecule has 1 atom stereocenters. The van der Waals surface area contributed by atoms with Crippen LogP contribution in [0.2, 0.25) is 0 Å². The molecule has 0 saturated carbocycles. The lowest BCUT2D eigenvalue weighted by molar-refractivity contribution is -0.143. The summed E-state index contributed by atoms with van der Waals surface area (Å²) in [6, 6.07) is 0. The number of nitrogens with zero attached hydrogens (tertiary/aromatic N) is 1. The Bertz CT molecular complexity index is 144. The van der Waals surface area contributed by atoms with Crippen molar-refractivity contribution in [3.63, 3.8) is 0 Å². The average molecular weight is 181 g/mol. The van der Waals surface area contributed by atoms with Gasteiger partial charge in [0.1, 0.15) is 0 Å². The van der Waals surface area contributed by atoms with Gasteiger partial charge >= 0.3 is 6.18 Å². The Kier molecular flexibility index (Phi) is 2.99. The summed E-state index contributed by atoms with van der Waals surface area (Å²) in [7, 11) is 0. The van der Waals surface area contributed by atoms with Gasteiger partial charge in [-0.25, -0.2) is 0 Å². The second-order valence-electron chi connectivity index (χ2n) is 3.37. The summed E-state index contributed by atoms with van der Waals surface area (Å²) in [5.74, 6) is -0.162. The van der Waals surface area contributed by atoms with Gasteiger partial charge in [0.15, 0.2) is 0 Å². The zero-order chi connectivity index (χ0) is 9.19. The van der Waals surface area contributed by atoms with E-state index in [0.717, 1.165) is 13.1 Å². The fourth-order valence-corrected chi connectivity index (χ4v) is 1.69. The molecule has 1 fully saturated rings. The smallest absolute Gasteiger partial charge is 0.303 e. The first-order valence-electron chi connectivity index (χ1n) is 4.30. The van der Waals surface area contributed by atoms with Crippen molar-refractivity contribution in [2.24, 2.45) is 5.92 Å². The lowest BCUT2D eigenvalue weighted by atomic mass is 10.1. The number of rotatable bonds is 2. The third-order valence-electron chi connectivity index (χ3n) is 2.34. The topological polar surface area (TPSA) is 3.24 Å². The van der Waals surface area contributed by atoms with Crippen molar-refractivity contribution in [3.8, 4) is 0 Å². The van der Waals surface area contributed by atoms with Gasteiger partial charge in [-0.05, 0) is 25.4 Å². The van der Waals surface area contributed by atoms with Crippen molar-refractivity contribution >= 4 is 0 Å². The monoisotopic (exact) mass is 181 g/mol. The van der Waals surface area contributed by atoms with E-state index in [4.69, 9.17) is 0 Å². The second-order valence-corrected chi connectivity index (χ2v) is 3.37. The third-order valence-corrected chi connectivity index (χ3v) is 2.34. The van der Waals surface area contributed by atoms with E-state index in [2.05, 4.69) is 4.90 Å². The van der Waals surface area contributed by atoms with Crippen LogP contribution in [0.15, 0.2) is 0 Å². The van der Waals surface area contributed by atoms with Gasteiger partial charge in [0.25, 0.3) is 0 Å². The van der Waals surface area contributed by atoms with E-state index in [1.807, 2.05) is 6.92 Å². The average Bonchev–Trinajstić information content (AvgIpc) is 2.32. The molecule has 1 nitrogen and oxygen atoms in total. The Morgan fingerprint density at radius 2 is 2.08 bits per heavy atom. The molecule has 4 heteroatoms. The predicted octanol–water partition coefficient (Wildman–Crippen LogP) is 2.28. The van der Waals surface area contributed by atoms with Crippen LogP contribution in [0, 0.1) is 5.92 Å². The van der Waals surface area contributed by atoms with Gasteiger partial charge in [-0.2, -0.15) is 13.2 Å². The van der Waals surface area contributed by atoms with Crippen molar-refractivity contribution < 1.29 is 13.2 Å². The van der Waals surface area contributed by atoms with Crippen molar-refractivity contribution in [2.45, 2.75) is 25.9 Å². The molecule has 1 aliphatic rings. The summed E-state index contributed by atoms with van der Waals surface area (Å²) in [6.45, 7) is 4.30. The highest BCUT2D eigenvalue weighted by Crippen LogP contribution is 2.29. The number of hydrogen-bond acceptors (Lipinski definition) is 1. The van der Waals surface area contributed by atoms with Crippen LogP contribution in [0.25, 0.3) is 0 Å². The van der Waals surface area contributed by atoms with E-state index >= 15 is 0 Å². The van der Waals surface area contributed by atoms with Crippen LogP contribution in [-0.2, 0) is 0 Å². The van der Waals surface area contributed by atoms with E-state index in [1.54, 1.807) is 0 Å². The summed E-state index contributed by atoms with van der Waals surface area (Å²) in [5, 5.41) is 0. The van der Waals surface area contributed by atoms with E-state index < -0.39 is 12.6 Å². The zero-order valence-electron chi connectivity index (χ0n) is 7.19. The molecule has 1 rings (SSSR count). The zero-order valence-corrected chi connectivity index (χ0v) is 7.19. The minimum atomic E-state index is -3.98. The Morgan fingerprint density at radius 3 is 2.50 bits per heavy atom. The van der Waals surface area contributed by atoms with Gasteiger partial charge in [-0.1, -0.05) is 6.92 Å². The van der Waals surface area contributed by atoms with Crippen LogP contribution >= 0.6 is 0 Å². The van der Waals surface area contributed by atoms with Crippen LogP contribution in [0.3, 0.4) is 0 Å². The Labute approximate surface area is 70.5 Å². The molecule has 1 heterocycles. The number of halogens is 3. The number of likely N-dealkylation sites (tertiary alicyclic amines) is 1. The van der Waals surface area contributed by atoms with E-state index in [-0.39, 0.29) is 5.92 Å². The van der Waals surface area contributed by atoms with Gasteiger partial charge in [0.2, 0.25) is 0 Å². The van der Waals surface area contributed by atoms with Crippen molar-refractivity contribution in [3.05, 3.63) is 0 Å². The molecule has 0 bridgehead atoms. The highest BCUT2D eigenvalue weighted by Gasteiger charge is 2.34. The normalized spacial score (nSPS) is 26.5. The fraction of sp³-hybridized carbons (Fsp3) is 1.00. The highest BCUT2D eigenvalue weighted by atomic mass is 19.4. The van der Waals surface area contributed by atoms with Gasteiger partial charge in [0, 0.05) is 13.0 Å². The second kappa shape index (κ2) is 3.64. The first-order chi connectivity index (χ1) is 5.51. The molecule has 1 saturated heterocycles. The molecule has 12 heavy (non-hydrogen) atoms. The molecule has 0 N–H and O–H groups in total. The van der Waals surface area contributed by atoms with Crippen LogP contribution in [-0.4, -0.2) is 30.7 Å². The molecule has 72 valence electrons. The maximum absolute atomic E-state index is 11.9. The minimum Gasteiger partial charge on any atom is -0.303 e. The molecule has 0 radical (unpaired) electrons. The largest absolute Gasteiger partial charge is 0.389 e. The molecule has 0 aromatic heterocycles. The maximum atomic E-state index is 11.9. The molecule has 0 aromatic carbocycles. The molecule has 1 aliphatic heterocycles. The van der Waals surface area contributed by atoms with Crippen LogP contribution in [0.1, 0.15) is 19.8 Å². The van der Waals surface area contributed by atoms with E-state index in [9.17, 15) is 13.2 Å². The van der Waals surface area contributed by atoms with Crippen molar-refractivity contribution in [1.29, 1.82) is 0 Å². The first kappa shape index (κ1) is 9.84. The third kappa shape index (κ3) is 3.01. The number of hydrogen-bond donors (Lipinski definition) is 0. The fourth-order valence-electron chi connectivity index (χ4n) is 1.69. The lowest BCUT2D eigenvalue weighted by Gasteiger charge is -2.14. The quantitative estimate of drug-likeness (QED) is 0.631. The van der Waals surface area contributed by atoms with Crippen LogP contribution in [0.4, 0.5) is 13.2 Å². The highest BCUT2D eigenvalue weighted by molar-refractivity contribution is 4.76. The SMILES string of the molecule is CCN1CCC(CC(F)(F)F)C1. The molecule has 0 amide bonds. The lowest BCUT2D eigenvalue weighted by Crippen LogP contribution is -2.22. The van der Waals surface area contributed by atoms with E-state index in [0.29, 0.717) is 13.0 Å². The summed E-state index contributed by atoms with van der Waals surface area (Å²) in [4.78, 5) is 2.07. The Hall–Kier alpha value is -0.250. The van der Waals surface area contributed by atoms with Crippen LogP contribution < -0.4 is 0 Å². The number of alkyl halides is 3. The van der Waals surface area contributed by atoms with Gasteiger partial charge in [-0.3, -0.25) is 0 Å². The molecule has 1 unspecified atom stereocenters. The van der Waals surface area contributed by atoms with Crippen molar-refractivity contribution in [1.82, 2.24) is 4.90 Å². The summed E-state index contributed by atoms with van der Waals surface area (Å²) >= 11 is 0. The van der Waals surface area contributed by atoms with Gasteiger partial charge in [-0.15, -0.1) is 0 Å². The van der Waals surface area contributed by atoms with Crippen LogP contribution in [0.5, 0.6) is 0 Å². The summed E-state index contributed by atoms with van der Waals surface area (Å²) in [5.41, 5.74) is 0. The first-order valence-corrected chi connectivity index (χ1v) is 4.30. The molecular weight excluding hydrogens is 167 g/mol. The van der Waals surface area contributed by atoms with Gasteiger partial charge in [0.05, 0.1) is 0 Å². The Morgan fingerprint density at radius 1 is 1.42 bits per heavy atom. The summed E-state index contributed by atoms with van der Waals surface area (Å²) < 4.78 is 35.8. The summed E-state index contributed by atoms with van der Waals surface area (Å²) in [6.07, 6.45) is -3.88. The molecule has 0 aliphatic carbocycles. The molecular formula is C8H14F3N. The van der Waals surface area contributed by atoms with Crippen molar-refractivity contribution in [2.75, 3.05) is 19.6 Å². The minimum absolute atomic E-state index is 0.162. The van der Waals surface area contributed by atoms with E-state index in [1.165, 1.54) is 0 Å². The van der Waals surface area contributed by atoms with Gasteiger partial charge < -0.3 is 4.90 Å². The maximum Gasteiger partial charge on any atom is 0.389 e. The molecule has 0 aromatic rings. The Balaban J connectivity index is 2.28. The molecule has 0 spiro atoms. The predicted molar refractivity (Wildman–Crippen MR) is 40.9 cm³/mol. The standard InChI is InChI=1S/C8H14F3N/c1-2-12-4-3-7(6-12)5-8(9,10)11/h7H,2-6H2,1H3.